The number of nitrogens with one attached hydrogen (secondary N) is 1. The molecule has 0 bridgehead atoms. The minimum absolute atomic E-state index is 0.0127. The maximum absolute atomic E-state index is 11.9. The first kappa shape index (κ1) is 20.6. The molecule has 1 heterocycles. The van der Waals surface area contributed by atoms with Crippen molar-refractivity contribution in [2.75, 3.05) is 6.61 Å². The molecule has 24 heavy (non-hydrogen) atoms. The number of ether oxygens (including phenoxy) is 2. The third kappa shape index (κ3) is 5.60. The van der Waals surface area contributed by atoms with Gasteiger partial charge in [-0.3, -0.25) is 0 Å². The van der Waals surface area contributed by atoms with Crippen LogP contribution in [0.1, 0.15) is 12.5 Å². The highest BCUT2D eigenvalue weighted by Crippen LogP contribution is 2.39. The van der Waals surface area contributed by atoms with Gasteiger partial charge in [0.05, 0.1) is 10.9 Å². The Kier molecular flexibility index (Phi) is 7.90. The van der Waals surface area contributed by atoms with Crippen LogP contribution in [0.4, 0.5) is 9.59 Å². The zero-order chi connectivity index (χ0) is 18.4. The fraction of sp³-hybridized carbons (Fsp3) is 0.364. The third-order valence-corrected chi connectivity index (χ3v) is 5.24. The van der Waals surface area contributed by atoms with Crippen molar-refractivity contribution in [3.63, 3.8) is 0 Å². The van der Waals surface area contributed by atoms with Crippen molar-refractivity contribution >= 4 is 63.8 Å². The van der Waals surface area contributed by atoms with Gasteiger partial charge in [0.25, 0.3) is 0 Å². The smallest absolute Gasteiger partial charge is 0.416 e. The van der Waals surface area contributed by atoms with E-state index in [1.165, 1.54) is 0 Å². The van der Waals surface area contributed by atoms with Crippen molar-refractivity contribution in [3.8, 4) is 0 Å². The molecule has 0 aromatic carbocycles. The van der Waals surface area contributed by atoms with Gasteiger partial charge in [0.2, 0.25) is 0 Å². The van der Waals surface area contributed by atoms with Gasteiger partial charge in [-0.05, 0) is 6.92 Å². The summed E-state index contributed by atoms with van der Waals surface area (Å²) < 4.78 is 29.6. The summed E-state index contributed by atoms with van der Waals surface area (Å²) in [4.78, 5) is 33.8. The van der Waals surface area contributed by atoms with Crippen molar-refractivity contribution in [2.24, 2.45) is 5.73 Å². The van der Waals surface area contributed by atoms with Crippen LogP contribution in [-0.4, -0.2) is 39.6 Å². The standard InChI is InChI=1S/C11H12Cl2N2O7S2/c1-2-21-9(16)5(15-11(18)22-10(14)17)3-4-6(24(19)20)8(13)23-7(4)12/h5H,2-3H2,1H3,(H2,14,17)(H,15,18)(H,19,20). The van der Waals surface area contributed by atoms with Crippen LogP contribution in [0.3, 0.4) is 0 Å². The summed E-state index contributed by atoms with van der Waals surface area (Å²) in [6.45, 7) is 1.55. The fourth-order valence-corrected chi connectivity index (χ4v) is 4.38. The predicted octanol–water partition coefficient (Wildman–Crippen LogP) is 1.91. The summed E-state index contributed by atoms with van der Waals surface area (Å²) >= 11 is 10.2. The molecule has 0 aliphatic rings. The van der Waals surface area contributed by atoms with Crippen LogP contribution in [0.2, 0.25) is 8.67 Å². The van der Waals surface area contributed by atoms with Crippen molar-refractivity contribution < 1.29 is 32.6 Å². The second kappa shape index (κ2) is 9.18. The van der Waals surface area contributed by atoms with Gasteiger partial charge >= 0.3 is 18.2 Å². The van der Waals surface area contributed by atoms with Crippen LogP contribution in [0.15, 0.2) is 4.90 Å². The quantitative estimate of drug-likeness (QED) is 0.363. The Balaban J connectivity index is 3.09. The predicted molar refractivity (Wildman–Crippen MR) is 86.7 cm³/mol. The third-order valence-electron chi connectivity index (χ3n) is 2.51. The Morgan fingerprint density at radius 3 is 2.50 bits per heavy atom. The van der Waals surface area contributed by atoms with Crippen LogP contribution in [0, 0.1) is 0 Å². The normalized spacial score (nSPS) is 13.0. The number of hydrogen-bond acceptors (Lipinski definition) is 7. The van der Waals surface area contributed by atoms with E-state index in [-0.39, 0.29) is 32.2 Å². The van der Waals surface area contributed by atoms with E-state index in [2.05, 4.69) is 10.1 Å². The van der Waals surface area contributed by atoms with Crippen molar-refractivity contribution in [2.45, 2.75) is 24.3 Å². The van der Waals surface area contributed by atoms with E-state index < -0.39 is 35.3 Å². The van der Waals surface area contributed by atoms with Gasteiger partial charge in [0, 0.05) is 12.0 Å². The number of rotatable bonds is 6. The minimum atomic E-state index is -2.46. The summed E-state index contributed by atoms with van der Waals surface area (Å²) in [5.74, 6) is -0.869. The highest BCUT2D eigenvalue weighted by atomic mass is 35.5. The van der Waals surface area contributed by atoms with Crippen LogP contribution in [-0.2, 0) is 31.8 Å². The molecule has 4 N–H and O–H groups in total. The molecule has 2 atom stereocenters. The van der Waals surface area contributed by atoms with E-state index in [0.29, 0.717) is 0 Å². The number of nitrogens with two attached hydrogens (primary N) is 1. The van der Waals surface area contributed by atoms with Gasteiger partial charge in [-0.15, -0.1) is 11.3 Å². The van der Waals surface area contributed by atoms with Gasteiger partial charge in [-0.25, -0.2) is 18.6 Å². The molecular weight excluding hydrogens is 407 g/mol. The van der Waals surface area contributed by atoms with E-state index in [4.69, 9.17) is 33.7 Å². The SMILES string of the molecule is CCOC(=O)C(Cc1c(Cl)sc(Cl)c1S(=O)O)NC(=O)OC(N)=O. The van der Waals surface area contributed by atoms with Gasteiger partial charge in [-0.2, -0.15) is 0 Å². The number of esters is 1. The highest BCUT2D eigenvalue weighted by Gasteiger charge is 2.29. The molecule has 0 saturated carbocycles. The molecule has 134 valence electrons. The lowest BCUT2D eigenvalue weighted by Gasteiger charge is -2.16. The Morgan fingerprint density at radius 2 is 2.00 bits per heavy atom. The van der Waals surface area contributed by atoms with Crippen LogP contribution < -0.4 is 11.1 Å². The first-order valence-electron chi connectivity index (χ1n) is 6.19. The van der Waals surface area contributed by atoms with Crippen molar-refractivity contribution in [1.29, 1.82) is 0 Å². The molecule has 2 unspecified atom stereocenters. The molecule has 0 fully saturated rings. The molecule has 0 spiro atoms. The van der Waals surface area contributed by atoms with Gasteiger partial charge in [0.15, 0.2) is 11.1 Å². The van der Waals surface area contributed by atoms with Crippen LogP contribution >= 0.6 is 34.5 Å². The second-order valence-electron chi connectivity index (χ2n) is 4.07. The topological polar surface area (TPSA) is 145 Å². The molecule has 1 aromatic heterocycles. The van der Waals surface area contributed by atoms with Crippen molar-refractivity contribution in [3.05, 3.63) is 14.2 Å². The Labute approximate surface area is 152 Å². The van der Waals surface area contributed by atoms with Crippen molar-refractivity contribution in [1.82, 2.24) is 5.32 Å². The Hall–Kier alpha value is -1.40. The van der Waals surface area contributed by atoms with Crippen LogP contribution in [0.25, 0.3) is 0 Å². The monoisotopic (exact) mass is 418 g/mol. The lowest BCUT2D eigenvalue weighted by molar-refractivity contribution is -0.145. The maximum Gasteiger partial charge on any atom is 0.416 e. The van der Waals surface area contributed by atoms with E-state index in [9.17, 15) is 23.1 Å². The van der Waals surface area contributed by atoms with Gasteiger partial charge in [-0.1, -0.05) is 23.2 Å². The zero-order valence-electron chi connectivity index (χ0n) is 12.0. The number of amides is 2. The maximum atomic E-state index is 11.9. The molecule has 13 heteroatoms. The van der Waals surface area contributed by atoms with E-state index in [1.807, 2.05) is 0 Å². The second-order valence-corrected chi connectivity index (χ2v) is 7.20. The van der Waals surface area contributed by atoms with E-state index >= 15 is 0 Å². The van der Waals surface area contributed by atoms with Crippen LogP contribution in [0.5, 0.6) is 0 Å². The first-order chi connectivity index (χ1) is 11.2. The molecule has 9 nitrogen and oxygen atoms in total. The molecule has 2 amide bonds. The lowest BCUT2D eigenvalue weighted by Crippen LogP contribution is -2.44. The first-order valence-corrected chi connectivity index (χ1v) is 8.87. The number of primary amides is 1. The molecule has 1 rings (SSSR count). The number of halogens is 2. The number of alkyl carbamates (subject to hydrolysis) is 1. The van der Waals surface area contributed by atoms with Gasteiger partial charge < -0.3 is 25.1 Å². The Morgan fingerprint density at radius 1 is 1.38 bits per heavy atom. The largest absolute Gasteiger partial charge is 0.464 e. The summed E-state index contributed by atoms with van der Waals surface area (Å²) in [5.41, 5.74) is 4.79. The van der Waals surface area contributed by atoms with Gasteiger partial charge in [0.1, 0.15) is 15.3 Å². The highest BCUT2D eigenvalue weighted by molar-refractivity contribution is 7.79. The zero-order valence-corrected chi connectivity index (χ0v) is 15.2. The summed E-state index contributed by atoms with van der Waals surface area (Å²) in [5, 5.41) is 2.07. The molecule has 0 aliphatic heterocycles. The number of carbonyl (C=O) groups is 3. The fourth-order valence-electron chi connectivity index (χ4n) is 1.64. The number of hydrogen-bond donors (Lipinski definition) is 3. The summed E-state index contributed by atoms with van der Waals surface area (Å²) in [6, 6.07) is -1.35. The molecule has 0 aliphatic carbocycles. The van der Waals surface area contributed by atoms with E-state index in [0.717, 1.165) is 11.3 Å². The average Bonchev–Trinajstić information content (AvgIpc) is 2.71. The van der Waals surface area contributed by atoms with E-state index in [1.54, 1.807) is 6.92 Å². The molecule has 1 aromatic rings. The molecule has 0 saturated heterocycles. The molecule has 0 radical (unpaired) electrons. The summed E-state index contributed by atoms with van der Waals surface area (Å²) in [7, 11) is 0. The average molecular weight is 419 g/mol. The number of thiophene rings is 1. The number of carbonyl (C=O) groups excluding carboxylic acids is 3. The minimum Gasteiger partial charge on any atom is -0.464 e. The summed E-state index contributed by atoms with van der Waals surface area (Å²) in [6.07, 6.45) is -2.97. The Bertz CT molecular complexity index is 680. The lowest BCUT2D eigenvalue weighted by atomic mass is 10.1. The molecular formula is C11H12Cl2N2O7S2.